The molecule has 1 aromatic heterocycles. The van der Waals surface area contributed by atoms with Crippen LogP contribution in [0.3, 0.4) is 0 Å². The fourth-order valence-electron chi connectivity index (χ4n) is 2.28. The van der Waals surface area contributed by atoms with E-state index in [4.69, 9.17) is 4.74 Å². The van der Waals surface area contributed by atoms with Crippen LogP contribution < -0.4 is 5.32 Å². The zero-order valence-electron chi connectivity index (χ0n) is 10.6. The molecule has 18 heavy (non-hydrogen) atoms. The van der Waals surface area contributed by atoms with E-state index in [0.717, 1.165) is 30.2 Å². The summed E-state index contributed by atoms with van der Waals surface area (Å²) in [5.41, 5.74) is 2.35. The number of nitrogens with zero attached hydrogens (tertiary/aromatic N) is 1. The SMILES string of the molecule is Cc1ccc2sc(NCC3CCCCO3)nc2c1. The normalized spacial score (nSPS) is 20.2. The highest BCUT2D eigenvalue weighted by Crippen LogP contribution is 2.26. The second-order valence-electron chi connectivity index (χ2n) is 4.86. The Hall–Kier alpha value is -1.13. The maximum absolute atomic E-state index is 5.71. The number of aromatic nitrogens is 1. The Balaban J connectivity index is 1.67. The molecule has 0 spiro atoms. The van der Waals surface area contributed by atoms with Gasteiger partial charge in [-0.15, -0.1) is 0 Å². The topological polar surface area (TPSA) is 34.1 Å². The van der Waals surface area contributed by atoms with Crippen molar-refractivity contribution in [2.75, 3.05) is 18.5 Å². The molecule has 0 saturated carbocycles. The van der Waals surface area contributed by atoms with Crippen molar-refractivity contribution in [2.24, 2.45) is 0 Å². The summed E-state index contributed by atoms with van der Waals surface area (Å²) in [6.45, 7) is 3.88. The predicted molar refractivity (Wildman–Crippen MR) is 76.4 cm³/mol. The molecule has 0 amide bonds. The van der Waals surface area contributed by atoms with E-state index in [-0.39, 0.29) is 0 Å². The van der Waals surface area contributed by atoms with Gasteiger partial charge in [-0.2, -0.15) is 0 Å². The van der Waals surface area contributed by atoms with Crippen molar-refractivity contribution in [2.45, 2.75) is 32.3 Å². The minimum Gasteiger partial charge on any atom is -0.376 e. The molecule has 3 rings (SSSR count). The van der Waals surface area contributed by atoms with E-state index < -0.39 is 0 Å². The first kappa shape index (κ1) is 11.9. The van der Waals surface area contributed by atoms with Crippen LogP contribution in [0.15, 0.2) is 18.2 Å². The summed E-state index contributed by atoms with van der Waals surface area (Å²) < 4.78 is 6.95. The smallest absolute Gasteiger partial charge is 0.183 e. The molecular formula is C14H18N2OS. The first-order valence-electron chi connectivity index (χ1n) is 6.54. The second-order valence-corrected chi connectivity index (χ2v) is 5.89. The summed E-state index contributed by atoms with van der Waals surface area (Å²) in [6, 6.07) is 6.41. The van der Waals surface area contributed by atoms with Crippen LogP contribution in [-0.2, 0) is 4.74 Å². The molecular weight excluding hydrogens is 244 g/mol. The Morgan fingerprint density at radius 1 is 1.44 bits per heavy atom. The van der Waals surface area contributed by atoms with Crippen LogP contribution >= 0.6 is 11.3 Å². The highest BCUT2D eigenvalue weighted by Gasteiger charge is 2.14. The van der Waals surface area contributed by atoms with Crippen LogP contribution in [0.25, 0.3) is 10.2 Å². The van der Waals surface area contributed by atoms with Gasteiger partial charge in [0.15, 0.2) is 5.13 Å². The number of anilines is 1. The van der Waals surface area contributed by atoms with E-state index in [1.54, 1.807) is 11.3 Å². The lowest BCUT2D eigenvalue weighted by molar-refractivity contribution is 0.0247. The Labute approximate surface area is 111 Å². The number of aryl methyl sites for hydroxylation is 1. The average molecular weight is 262 g/mol. The molecule has 1 aromatic carbocycles. The van der Waals surface area contributed by atoms with E-state index >= 15 is 0 Å². The van der Waals surface area contributed by atoms with Crippen LogP contribution in [0.1, 0.15) is 24.8 Å². The Bertz CT molecular complexity index is 532. The summed E-state index contributed by atoms with van der Waals surface area (Å²) in [5, 5.41) is 4.41. The fraction of sp³-hybridized carbons (Fsp3) is 0.500. The van der Waals surface area contributed by atoms with Gasteiger partial charge in [0, 0.05) is 13.2 Å². The molecule has 1 unspecified atom stereocenters. The van der Waals surface area contributed by atoms with Crippen molar-refractivity contribution in [1.29, 1.82) is 0 Å². The molecule has 2 heterocycles. The number of hydrogen-bond donors (Lipinski definition) is 1. The monoisotopic (exact) mass is 262 g/mol. The third-order valence-corrected chi connectivity index (χ3v) is 4.29. The minimum atomic E-state index is 0.354. The van der Waals surface area contributed by atoms with Crippen LogP contribution in [-0.4, -0.2) is 24.2 Å². The number of rotatable bonds is 3. The van der Waals surface area contributed by atoms with Crippen LogP contribution in [0.5, 0.6) is 0 Å². The Kier molecular flexibility index (Phi) is 3.48. The number of fused-ring (bicyclic) bond motifs is 1. The molecule has 4 heteroatoms. The van der Waals surface area contributed by atoms with E-state index in [2.05, 4.69) is 35.4 Å². The highest BCUT2D eigenvalue weighted by molar-refractivity contribution is 7.22. The number of hydrogen-bond acceptors (Lipinski definition) is 4. The van der Waals surface area contributed by atoms with Crippen LogP contribution in [0, 0.1) is 6.92 Å². The number of nitrogens with one attached hydrogen (secondary N) is 1. The van der Waals surface area contributed by atoms with Gasteiger partial charge in [-0.1, -0.05) is 17.4 Å². The minimum absolute atomic E-state index is 0.354. The summed E-state index contributed by atoms with van der Waals surface area (Å²) >= 11 is 1.72. The van der Waals surface area contributed by atoms with Gasteiger partial charge in [-0.25, -0.2) is 4.98 Å². The number of thiazole rings is 1. The Morgan fingerprint density at radius 3 is 3.22 bits per heavy atom. The maximum Gasteiger partial charge on any atom is 0.183 e. The van der Waals surface area contributed by atoms with Crippen molar-refractivity contribution in [3.63, 3.8) is 0 Å². The average Bonchev–Trinajstić information content (AvgIpc) is 2.79. The molecule has 0 radical (unpaired) electrons. The van der Waals surface area contributed by atoms with Gasteiger partial charge in [0.2, 0.25) is 0 Å². The third-order valence-electron chi connectivity index (χ3n) is 3.30. The molecule has 0 aliphatic carbocycles. The molecule has 96 valence electrons. The van der Waals surface area contributed by atoms with Gasteiger partial charge in [0.1, 0.15) is 0 Å². The zero-order valence-corrected chi connectivity index (χ0v) is 11.4. The molecule has 3 nitrogen and oxygen atoms in total. The number of ether oxygens (including phenoxy) is 1. The molecule has 1 fully saturated rings. The van der Waals surface area contributed by atoms with Crippen molar-refractivity contribution in [1.82, 2.24) is 4.98 Å². The van der Waals surface area contributed by atoms with E-state index in [0.29, 0.717) is 6.10 Å². The van der Waals surface area contributed by atoms with Crippen LogP contribution in [0.4, 0.5) is 5.13 Å². The summed E-state index contributed by atoms with van der Waals surface area (Å²) in [4.78, 5) is 4.61. The summed E-state index contributed by atoms with van der Waals surface area (Å²) in [6.07, 6.45) is 4.01. The second kappa shape index (κ2) is 5.24. The molecule has 1 aliphatic heterocycles. The zero-order chi connectivity index (χ0) is 12.4. The standard InChI is InChI=1S/C14H18N2OS/c1-10-5-6-13-12(8-10)16-14(18-13)15-9-11-4-2-3-7-17-11/h5-6,8,11H,2-4,7,9H2,1H3,(H,15,16). The predicted octanol–water partition coefficient (Wildman–Crippen LogP) is 3.59. The lowest BCUT2D eigenvalue weighted by Crippen LogP contribution is -2.26. The largest absolute Gasteiger partial charge is 0.376 e. The van der Waals surface area contributed by atoms with Gasteiger partial charge in [0.25, 0.3) is 0 Å². The highest BCUT2D eigenvalue weighted by atomic mass is 32.1. The number of benzene rings is 1. The van der Waals surface area contributed by atoms with Crippen molar-refractivity contribution >= 4 is 26.7 Å². The van der Waals surface area contributed by atoms with Gasteiger partial charge in [0.05, 0.1) is 16.3 Å². The molecule has 0 bridgehead atoms. The molecule has 1 aliphatic rings. The molecule has 1 N–H and O–H groups in total. The lowest BCUT2D eigenvalue weighted by atomic mass is 10.1. The summed E-state index contributed by atoms with van der Waals surface area (Å²) in [5.74, 6) is 0. The van der Waals surface area contributed by atoms with Crippen molar-refractivity contribution < 1.29 is 4.74 Å². The quantitative estimate of drug-likeness (QED) is 0.918. The molecule has 1 atom stereocenters. The van der Waals surface area contributed by atoms with Crippen molar-refractivity contribution in [3.8, 4) is 0 Å². The Morgan fingerprint density at radius 2 is 2.39 bits per heavy atom. The van der Waals surface area contributed by atoms with E-state index in [1.165, 1.54) is 23.1 Å². The van der Waals surface area contributed by atoms with Gasteiger partial charge in [-0.3, -0.25) is 0 Å². The fourth-order valence-corrected chi connectivity index (χ4v) is 3.14. The van der Waals surface area contributed by atoms with Gasteiger partial charge in [-0.05, 0) is 43.9 Å². The molecule has 2 aromatic rings. The first-order chi connectivity index (χ1) is 8.81. The third kappa shape index (κ3) is 2.65. The van der Waals surface area contributed by atoms with E-state index in [9.17, 15) is 0 Å². The first-order valence-corrected chi connectivity index (χ1v) is 7.35. The van der Waals surface area contributed by atoms with E-state index in [1.807, 2.05) is 0 Å². The van der Waals surface area contributed by atoms with Gasteiger partial charge < -0.3 is 10.1 Å². The van der Waals surface area contributed by atoms with Gasteiger partial charge >= 0.3 is 0 Å². The van der Waals surface area contributed by atoms with Crippen molar-refractivity contribution in [3.05, 3.63) is 23.8 Å². The molecule has 1 saturated heterocycles. The lowest BCUT2D eigenvalue weighted by Gasteiger charge is -2.22. The van der Waals surface area contributed by atoms with Crippen LogP contribution in [0.2, 0.25) is 0 Å². The summed E-state index contributed by atoms with van der Waals surface area (Å²) in [7, 11) is 0. The maximum atomic E-state index is 5.71.